The van der Waals surface area contributed by atoms with Gasteiger partial charge in [0.2, 0.25) is 0 Å². The average Bonchev–Trinajstić information content (AvgIpc) is 2.45. The molecule has 1 rings (SSSR count). The Morgan fingerprint density at radius 1 is 1.27 bits per heavy atom. The summed E-state index contributed by atoms with van der Waals surface area (Å²) in [5, 5.41) is 0. The number of rotatable bonds is 4. The van der Waals surface area contributed by atoms with Gasteiger partial charge in [0.1, 0.15) is 9.75 Å². The van der Waals surface area contributed by atoms with Crippen LogP contribution in [-0.4, -0.2) is 16.9 Å². The van der Waals surface area contributed by atoms with Crippen molar-refractivity contribution in [3.63, 3.8) is 0 Å². The highest BCUT2D eigenvalue weighted by Gasteiger charge is 2.84. The first-order valence-electron chi connectivity index (χ1n) is 5.28. The van der Waals surface area contributed by atoms with E-state index in [1.807, 2.05) is 20.8 Å². The van der Waals surface area contributed by atoms with Crippen LogP contribution in [-0.2, 0) is 9.53 Å². The minimum atomic E-state index is -1.01. The summed E-state index contributed by atoms with van der Waals surface area (Å²) >= 11 is 12.2. The topological polar surface area (TPSA) is 26.3 Å². The van der Waals surface area contributed by atoms with Crippen molar-refractivity contribution in [1.29, 1.82) is 0 Å². The highest BCUT2D eigenvalue weighted by atomic mass is 35.5. The first-order chi connectivity index (χ1) is 6.73. The molecular formula is C11H18Cl2O2. The fraction of sp³-hybridized carbons (Fsp3) is 0.909. The van der Waals surface area contributed by atoms with Crippen LogP contribution in [0.3, 0.4) is 0 Å². The second-order valence-corrected chi connectivity index (χ2v) is 6.14. The van der Waals surface area contributed by atoms with Crippen molar-refractivity contribution >= 4 is 29.2 Å². The molecule has 0 aromatic carbocycles. The number of ether oxygens (including phenoxy) is 1. The van der Waals surface area contributed by atoms with Crippen LogP contribution < -0.4 is 0 Å². The van der Waals surface area contributed by atoms with Gasteiger partial charge in [0, 0.05) is 5.41 Å². The Hall–Kier alpha value is 0.0500. The van der Waals surface area contributed by atoms with Gasteiger partial charge in [-0.15, -0.1) is 0 Å². The predicted molar refractivity (Wildman–Crippen MR) is 62.2 cm³/mol. The molecule has 1 atom stereocenters. The maximum Gasteiger partial charge on any atom is 0.315 e. The number of alkyl halides is 2. The Bertz CT molecular complexity index is 258. The van der Waals surface area contributed by atoms with E-state index in [9.17, 15) is 4.79 Å². The normalized spacial score (nSPS) is 31.1. The standard InChI is InChI=1S/C11H18Cl2O2/c1-5-6-7-15-8(14)10(4)9(2,3)11(10,12)13/h5-7H2,1-4H3. The molecule has 1 aliphatic carbocycles. The molecule has 0 N–H and O–H groups in total. The van der Waals surface area contributed by atoms with E-state index >= 15 is 0 Å². The molecule has 1 fully saturated rings. The zero-order valence-corrected chi connectivity index (χ0v) is 11.2. The lowest BCUT2D eigenvalue weighted by molar-refractivity contribution is -0.151. The molecule has 0 bridgehead atoms. The summed E-state index contributed by atoms with van der Waals surface area (Å²) < 4.78 is 4.16. The first kappa shape index (κ1) is 13.1. The van der Waals surface area contributed by atoms with Gasteiger partial charge in [-0.1, -0.05) is 50.4 Å². The van der Waals surface area contributed by atoms with Gasteiger partial charge in [-0.2, -0.15) is 0 Å². The highest BCUT2D eigenvalue weighted by molar-refractivity contribution is 6.54. The van der Waals surface area contributed by atoms with E-state index in [1.165, 1.54) is 0 Å². The molecule has 0 radical (unpaired) electrons. The van der Waals surface area contributed by atoms with Crippen molar-refractivity contribution in [2.75, 3.05) is 6.61 Å². The molecule has 1 aliphatic rings. The van der Waals surface area contributed by atoms with Crippen LogP contribution in [0.4, 0.5) is 0 Å². The van der Waals surface area contributed by atoms with Crippen LogP contribution in [0.1, 0.15) is 40.5 Å². The van der Waals surface area contributed by atoms with Gasteiger partial charge in [0.05, 0.1) is 6.61 Å². The number of unbranched alkanes of at least 4 members (excludes halogenated alkanes) is 1. The maximum absolute atomic E-state index is 11.8. The number of esters is 1. The third kappa shape index (κ3) is 1.57. The van der Waals surface area contributed by atoms with E-state index in [0.717, 1.165) is 12.8 Å². The zero-order chi connectivity index (χ0) is 11.9. The van der Waals surface area contributed by atoms with Crippen molar-refractivity contribution in [2.24, 2.45) is 10.8 Å². The highest BCUT2D eigenvalue weighted by Crippen LogP contribution is 2.77. The smallest absolute Gasteiger partial charge is 0.315 e. The van der Waals surface area contributed by atoms with Gasteiger partial charge in [-0.05, 0) is 13.3 Å². The number of halogens is 2. The lowest BCUT2D eigenvalue weighted by Gasteiger charge is -2.12. The minimum Gasteiger partial charge on any atom is -0.465 e. The van der Waals surface area contributed by atoms with Gasteiger partial charge in [-0.3, -0.25) is 4.79 Å². The Morgan fingerprint density at radius 3 is 2.07 bits per heavy atom. The quantitative estimate of drug-likeness (QED) is 0.435. The summed E-state index contributed by atoms with van der Waals surface area (Å²) in [6, 6.07) is 0. The molecule has 2 nitrogen and oxygen atoms in total. The second-order valence-electron chi connectivity index (χ2n) is 4.81. The van der Waals surface area contributed by atoms with E-state index in [2.05, 4.69) is 0 Å². The molecule has 0 saturated heterocycles. The summed E-state index contributed by atoms with van der Waals surface area (Å²) in [5.41, 5.74) is -1.21. The summed E-state index contributed by atoms with van der Waals surface area (Å²) in [6.45, 7) is 8.03. The molecular weight excluding hydrogens is 235 g/mol. The summed E-state index contributed by atoms with van der Waals surface area (Å²) in [4.78, 5) is 11.8. The van der Waals surface area contributed by atoms with Crippen molar-refractivity contribution < 1.29 is 9.53 Å². The second kappa shape index (κ2) is 3.81. The average molecular weight is 253 g/mol. The molecule has 15 heavy (non-hydrogen) atoms. The van der Waals surface area contributed by atoms with Crippen LogP contribution >= 0.6 is 23.2 Å². The van der Waals surface area contributed by atoms with E-state index in [1.54, 1.807) is 6.92 Å². The van der Waals surface area contributed by atoms with Crippen LogP contribution in [0, 0.1) is 10.8 Å². The Labute approximate surface area is 101 Å². The van der Waals surface area contributed by atoms with Crippen LogP contribution in [0.25, 0.3) is 0 Å². The molecule has 0 aromatic rings. The van der Waals surface area contributed by atoms with Gasteiger partial charge < -0.3 is 4.74 Å². The summed E-state index contributed by atoms with van der Waals surface area (Å²) in [6.07, 6.45) is 1.88. The summed E-state index contributed by atoms with van der Waals surface area (Å²) in [7, 11) is 0. The zero-order valence-electron chi connectivity index (χ0n) is 9.69. The lowest BCUT2D eigenvalue weighted by Crippen LogP contribution is -2.23. The number of hydrogen-bond donors (Lipinski definition) is 0. The molecule has 0 aromatic heterocycles. The first-order valence-corrected chi connectivity index (χ1v) is 6.04. The number of carbonyl (C=O) groups excluding carboxylic acids is 1. The molecule has 1 unspecified atom stereocenters. The monoisotopic (exact) mass is 252 g/mol. The van der Waals surface area contributed by atoms with Crippen molar-refractivity contribution in [1.82, 2.24) is 0 Å². The van der Waals surface area contributed by atoms with Crippen molar-refractivity contribution in [3.8, 4) is 0 Å². The molecule has 88 valence electrons. The largest absolute Gasteiger partial charge is 0.465 e. The predicted octanol–water partition coefficient (Wildman–Crippen LogP) is 3.55. The Kier molecular flexibility index (Phi) is 3.33. The molecule has 1 saturated carbocycles. The van der Waals surface area contributed by atoms with E-state index in [0.29, 0.717) is 6.61 Å². The Morgan fingerprint density at radius 2 is 1.73 bits per heavy atom. The molecule has 0 heterocycles. The number of carbonyl (C=O) groups is 1. The van der Waals surface area contributed by atoms with Gasteiger partial charge in [0.15, 0.2) is 0 Å². The SMILES string of the molecule is CCCCOC(=O)C1(C)C(C)(C)C1(Cl)Cl. The molecule has 0 amide bonds. The number of hydrogen-bond acceptors (Lipinski definition) is 2. The maximum atomic E-state index is 11.8. The van der Waals surface area contributed by atoms with E-state index < -0.39 is 15.2 Å². The van der Waals surface area contributed by atoms with Crippen molar-refractivity contribution in [2.45, 2.75) is 44.9 Å². The third-order valence-electron chi connectivity index (χ3n) is 3.74. The van der Waals surface area contributed by atoms with Gasteiger partial charge >= 0.3 is 5.97 Å². The van der Waals surface area contributed by atoms with Gasteiger partial charge in [0.25, 0.3) is 0 Å². The fourth-order valence-corrected chi connectivity index (χ4v) is 2.72. The van der Waals surface area contributed by atoms with Gasteiger partial charge in [-0.25, -0.2) is 0 Å². The summed E-state index contributed by atoms with van der Waals surface area (Å²) in [5.74, 6) is -0.286. The lowest BCUT2D eigenvalue weighted by atomic mass is 9.99. The van der Waals surface area contributed by atoms with Crippen LogP contribution in [0.2, 0.25) is 0 Å². The van der Waals surface area contributed by atoms with E-state index in [-0.39, 0.29) is 5.97 Å². The molecule has 0 aliphatic heterocycles. The molecule has 4 heteroatoms. The van der Waals surface area contributed by atoms with E-state index in [4.69, 9.17) is 27.9 Å². The fourth-order valence-electron chi connectivity index (χ4n) is 1.81. The Balaban J connectivity index is 2.62. The third-order valence-corrected chi connectivity index (χ3v) is 5.44. The van der Waals surface area contributed by atoms with Crippen LogP contribution in [0.15, 0.2) is 0 Å². The van der Waals surface area contributed by atoms with Crippen molar-refractivity contribution in [3.05, 3.63) is 0 Å². The minimum absolute atomic E-state index is 0.286. The van der Waals surface area contributed by atoms with Crippen LogP contribution in [0.5, 0.6) is 0 Å². The molecule has 0 spiro atoms.